The Labute approximate surface area is 123 Å². The molecule has 21 heavy (non-hydrogen) atoms. The number of amides is 1. The van der Waals surface area contributed by atoms with Crippen molar-refractivity contribution in [1.82, 2.24) is 9.88 Å². The van der Waals surface area contributed by atoms with Gasteiger partial charge in [0.05, 0.1) is 30.7 Å². The lowest BCUT2D eigenvalue weighted by molar-refractivity contribution is -0.134. The Balaban J connectivity index is 1.57. The van der Waals surface area contributed by atoms with Crippen molar-refractivity contribution < 1.29 is 14.3 Å². The van der Waals surface area contributed by atoms with E-state index in [2.05, 4.69) is 11.1 Å². The van der Waals surface area contributed by atoms with E-state index < -0.39 is 0 Å². The number of ether oxygens (including phenoxy) is 2. The van der Waals surface area contributed by atoms with Gasteiger partial charge in [0, 0.05) is 31.8 Å². The molecule has 0 aromatic carbocycles. The third-order valence-corrected chi connectivity index (χ3v) is 3.89. The summed E-state index contributed by atoms with van der Waals surface area (Å²) >= 11 is 0. The molecular weight excluding hydrogens is 270 g/mol. The quantitative estimate of drug-likeness (QED) is 0.828. The fraction of sp³-hybridized carbons (Fsp3) is 0.533. The summed E-state index contributed by atoms with van der Waals surface area (Å²) in [6.07, 6.45) is 3.10. The van der Waals surface area contributed by atoms with Crippen LogP contribution >= 0.6 is 0 Å². The lowest BCUT2D eigenvalue weighted by Crippen LogP contribution is -2.36. The van der Waals surface area contributed by atoms with E-state index in [-0.39, 0.29) is 17.9 Å². The van der Waals surface area contributed by atoms with Crippen molar-refractivity contribution in [2.45, 2.75) is 18.9 Å². The molecule has 0 spiro atoms. The van der Waals surface area contributed by atoms with E-state index >= 15 is 0 Å². The molecule has 2 aliphatic heterocycles. The Bertz CT molecular complexity index is 564. The van der Waals surface area contributed by atoms with Crippen LogP contribution in [0.5, 0.6) is 5.88 Å². The highest BCUT2D eigenvalue weighted by Gasteiger charge is 2.33. The van der Waals surface area contributed by atoms with E-state index in [1.165, 1.54) is 0 Å². The molecule has 110 valence electrons. The van der Waals surface area contributed by atoms with E-state index in [1.807, 2.05) is 4.90 Å². The number of pyridine rings is 1. The molecule has 2 atom stereocenters. The molecule has 0 N–H and O–H groups in total. The van der Waals surface area contributed by atoms with Gasteiger partial charge >= 0.3 is 0 Å². The van der Waals surface area contributed by atoms with Crippen LogP contribution in [0, 0.1) is 17.2 Å². The van der Waals surface area contributed by atoms with Gasteiger partial charge in [0.25, 0.3) is 0 Å². The van der Waals surface area contributed by atoms with Crippen LogP contribution in [0.25, 0.3) is 0 Å². The fourth-order valence-corrected chi connectivity index (χ4v) is 2.73. The molecule has 0 saturated carbocycles. The fourth-order valence-electron chi connectivity index (χ4n) is 2.73. The number of nitriles is 1. The molecule has 6 heteroatoms. The molecule has 0 radical (unpaired) electrons. The molecule has 1 aromatic rings. The maximum Gasteiger partial charge on any atom is 0.228 e. The summed E-state index contributed by atoms with van der Waals surface area (Å²) in [7, 11) is 0. The van der Waals surface area contributed by atoms with Crippen molar-refractivity contribution >= 4 is 5.91 Å². The molecule has 6 nitrogen and oxygen atoms in total. The standard InChI is InChI=1S/C15H17N3O3/c16-8-11-1-4-17-14(7-11)21-13-2-5-18(9-13)15(19)12-3-6-20-10-12/h1,4,7,12-13H,2-3,5-6,9-10H2. The van der Waals surface area contributed by atoms with Gasteiger partial charge in [-0.15, -0.1) is 0 Å². The molecule has 2 fully saturated rings. The minimum Gasteiger partial charge on any atom is -0.472 e. The molecule has 3 rings (SSSR count). The zero-order valence-electron chi connectivity index (χ0n) is 11.7. The molecule has 2 saturated heterocycles. The first-order chi connectivity index (χ1) is 10.3. The second-order valence-corrected chi connectivity index (χ2v) is 5.37. The van der Waals surface area contributed by atoms with Gasteiger partial charge in [0.2, 0.25) is 11.8 Å². The summed E-state index contributed by atoms with van der Waals surface area (Å²) in [5.74, 6) is 0.610. The molecular formula is C15H17N3O3. The maximum absolute atomic E-state index is 12.3. The first kappa shape index (κ1) is 13.8. The number of carbonyl (C=O) groups is 1. The van der Waals surface area contributed by atoms with E-state index in [0.717, 1.165) is 12.8 Å². The van der Waals surface area contributed by atoms with Crippen LogP contribution in [-0.2, 0) is 9.53 Å². The average molecular weight is 287 g/mol. The monoisotopic (exact) mass is 287 g/mol. The van der Waals surface area contributed by atoms with Crippen molar-refractivity contribution in [2.24, 2.45) is 5.92 Å². The first-order valence-electron chi connectivity index (χ1n) is 7.15. The third-order valence-electron chi connectivity index (χ3n) is 3.89. The Morgan fingerprint density at radius 1 is 1.52 bits per heavy atom. The van der Waals surface area contributed by atoms with Crippen molar-refractivity contribution in [3.63, 3.8) is 0 Å². The zero-order chi connectivity index (χ0) is 14.7. The summed E-state index contributed by atoms with van der Waals surface area (Å²) in [5, 5.41) is 8.86. The number of rotatable bonds is 3. The first-order valence-corrected chi connectivity index (χ1v) is 7.15. The van der Waals surface area contributed by atoms with Gasteiger partial charge < -0.3 is 14.4 Å². The molecule has 0 bridgehead atoms. The van der Waals surface area contributed by atoms with Crippen molar-refractivity contribution in [2.75, 3.05) is 26.3 Å². The van der Waals surface area contributed by atoms with Gasteiger partial charge in [-0.05, 0) is 12.5 Å². The van der Waals surface area contributed by atoms with Crippen LogP contribution in [0.15, 0.2) is 18.3 Å². The normalized spacial score (nSPS) is 24.8. The van der Waals surface area contributed by atoms with Crippen LogP contribution in [0.2, 0.25) is 0 Å². The van der Waals surface area contributed by atoms with E-state index in [9.17, 15) is 4.79 Å². The summed E-state index contributed by atoms with van der Waals surface area (Å²) in [4.78, 5) is 18.2. The number of hydrogen-bond donors (Lipinski definition) is 0. The second kappa shape index (κ2) is 6.10. The topological polar surface area (TPSA) is 75.5 Å². The molecule has 2 aliphatic rings. The average Bonchev–Trinajstić information content (AvgIpc) is 3.18. The Morgan fingerprint density at radius 2 is 2.43 bits per heavy atom. The minimum absolute atomic E-state index is 0.00351. The molecule has 1 amide bonds. The van der Waals surface area contributed by atoms with Gasteiger partial charge in [0.15, 0.2) is 0 Å². The number of hydrogen-bond acceptors (Lipinski definition) is 5. The van der Waals surface area contributed by atoms with E-state index in [1.54, 1.807) is 18.3 Å². The van der Waals surface area contributed by atoms with Crippen LogP contribution in [-0.4, -0.2) is 48.2 Å². The Hall–Kier alpha value is -2.13. The number of likely N-dealkylation sites (tertiary alicyclic amines) is 1. The van der Waals surface area contributed by atoms with Crippen LogP contribution < -0.4 is 4.74 Å². The number of carbonyl (C=O) groups excluding carboxylic acids is 1. The maximum atomic E-state index is 12.3. The van der Waals surface area contributed by atoms with Gasteiger partial charge in [0.1, 0.15) is 6.10 Å². The second-order valence-electron chi connectivity index (χ2n) is 5.37. The van der Waals surface area contributed by atoms with E-state index in [4.69, 9.17) is 14.7 Å². The SMILES string of the molecule is N#Cc1ccnc(OC2CCN(C(=O)C3CCOC3)C2)c1. The largest absolute Gasteiger partial charge is 0.472 e. The van der Waals surface area contributed by atoms with Crippen LogP contribution in [0.4, 0.5) is 0 Å². The lowest BCUT2D eigenvalue weighted by Gasteiger charge is -2.19. The number of nitrogens with zero attached hydrogens (tertiary/aromatic N) is 3. The van der Waals surface area contributed by atoms with Gasteiger partial charge in [-0.3, -0.25) is 4.79 Å². The summed E-state index contributed by atoms with van der Waals surface area (Å²) in [6, 6.07) is 5.31. The Morgan fingerprint density at radius 3 is 3.19 bits per heavy atom. The summed E-state index contributed by atoms with van der Waals surface area (Å²) in [5.41, 5.74) is 0.522. The van der Waals surface area contributed by atoms with Gasteiger partial charge in [-0.1, -0.05) is 0 Å². The zero-order valence-corrected chi connectivity index (χ0v) is 11.7. The van der Waals surface area contributed by atoms with E-state index in [0.29, 0.717) is 37.7 Å². The highest BCUT2D eigenvalue weighted by atomic mass is 16.5. The smallest absolute Gasteiger partial charge is 0.228 e. The van der Waals surface area contributed by atoms with Crippen molar-refractivity contribution in [3.05, 3.63) is 23.9 Å². The molecule has 0 aliphatic carbocycles. The summed E-state index contributed by atoms with van der Waals surface area (Å²) in [6.45, 7) is 2.49. The van der Waals surface area contributed by atoms with Gasteiger partial charge in [-0.2, -0.15) is 5.26 Å². The minimum atomic E-state index is -0.0577. The van der Waals surface area contributed by atoms with Crippen molar-refractivity contribution in [1.29, 1.82) is 5.26 Å². The predicted octanol–water partition coefficient (Wildman–Crippen LogP) is 0.969. The third kappa shape index (κ3) is 3.14. The summed E-state index contributed by atoms with van der Waals surface area (Å²) < 4.78 is 11.0. The predicted molar refractivity (Wildman–Crippen MR) is 73.5 cm³/mol. The molecule has 1 aromatic heterocycles. The van der Waals surface area contributed by atoms with Crippen LogP contribution in [0.1, 0.15) is 18.4 Å². The van der Waals surface area contributed by atoms with Crippen LogP contribution in [0.3, 0.4) is 0 Å². The highest BCUT2D eigenvalue weighted by Crippen LogP contribution is 2.21. The highest BCUT2D eigenvalue weighted by molar-refractivity contribution is 5.79. The molecule has 3 heterocycles. The van der Waals surface area contributed by atoms with Gasteiger partial charge in [-0.25, -0.2) is 4.98 Å². The lowest BCUT2D eigenvalue weighted by atomic mass is 10.1. The Kier molecular flexibility index (Phi) is 4.02. The van der Waals surface area contributed by atoms with Crippen molar-refractivity contribution in [3.8, 4) is 11.9 Å². The number of aromatic nitrogens is 1. The molecule has 2 unspecified atom stereocenters.